The van der Waals surface area contributed by atoms with Gasteiger partial charge >= 0.3 is 7.12 Å². The molecule has 2 aromatic rings. The van der Waals surface area contributed by atoms with Gasteiger partial charge in [-0.25, -0.2) is 0 Å². The number of hydrogen-bond donors (Lipinski definition) is 3. The maximum Gasteiger partial charge on any atom is 0.508 e. The Hall–Kier alpha value is -1.66. The van der Waals surface area contributed by atoms with Gasteiger partial charge in [0.25, 0.3) is 0 Å². The first-order valence-corrected chi connectivity index (χ1v) is 4.09. The van der Waals surface area contributed by atoms with Gasteiger partial charge in [0.2, 0.25) is 0 Å². The molecule has 0 unspecified atom stereocenters. The van der Waals surface area contributed by atoms with Crippen molar-refractivity contribution in [3.8, 4) is 11.3 Å². The minimum atomic E-state index is -1.52. The molecular weight excluding hydrogens is 181 g/mol. The Balaban J connectivity index is 2.31. The monoisotopic (exact) mass is 189 g/mol. The molecule has 3 N–H and O–H groups in total. The first-order chi connectivity index (χ1) is 6.77. The van der Waals surface area contributed by atoms with E-state index in [0.29, 0.717) is 0 Å². The van der Waals surface area contributed by atoms with Crippen molar-refractivity contribution < 1.29 is 10.0 Å². The number of H-pyrrole nitrogens is 1. The molecule has 0 aliphatic heterocycles. The van der Waals surface area contributed by atoms with Crippen LogP contribution in [-0.2, 0) is 0 Å². The van der Waals surface area contributed by atoms with Crippen LogP contribution in [0.3, 0.4) is 0 Å². The summed E-state index contributed by atoms with van der Waals surface area (Å²) >= 11 is 0. The van der Waals surface area contributed by atoms with Gasteiger partial charge in [0, 0.05) is 18.0 Å². The lowest BCUT2D eigenvalue weighted by Crippen LogP contribution is -2.32. The summed E-state index contributed by atoms with van der Waals surface area (Å²) in [6.07, 6.45) is 3.20. The van der Waals surface area contributed by atoms with Gasteiger partial charge in [-0.15, -0.1) is 0 Å². The third-order valence-corrected chi connectivity index (χ3v) is 1.86. The van der Waals surface area contributed by atoms with Crippen LogP contribution in [0.4, 0.5) is 0 Å². The van der Waals surface area contributed by atoms with E-state index in [-0.39, 0.29) is 5.59 Å². The Morgan fingerprint density at radius 1 is 1.21 bits per heavy atom. The zero-order chi connectivity index (χ0) is 9.97. The quantitative estimate of drug-likeness (QED) is 0.537. The van der Waals surface area contributed by atoms with Gasteiger partial charge in [-0.3, -0.25) is 10.1 Å². The highest BCUT2D eigenvalue weighted by Crippen LogP contribution is 2.12. The van der Waals surface area contributed by atoms with Gasteiger partial charge in [-0.05, 0) is 12.1 Å². The van der Waals surface area contributed by atoms with Crippen LogP contribution in [0.2, 0.25) is 0 Å². The maximum atomic E-state index is 8.82. The maximum absolute atomic E-state index is 8.82. The van der Waals surface area contributed by atoms with Crippen LogP contribution in [0.5, 0.6) is 0 Å². The minimum Gasteiger partial charge on any atom is -0.422 e. The lowest BCUT2D eigenvalue weighted by atomic mass is 9.85. The SMILES string of the molecule is OB(O)c1ccc(-c2ccn[nH]2)cn1. The summed E-state index contributed by atoms with van der Waals surface area (Å²) in [4.78, 5) is 3.89. The molecule has 0 fully saturated rings. The predicted molar refractivity (Wildman–Crippen MR) is 51.6 cm³/mol. The minimum absolute atomic E-state index is 0.230. The van der Waals surface area contributed by atoms with Crippen molar-refractivity contribution in [1.82, 2.24) is 15.2 Å². The molecule has 0 spiro atoms. The predicted octanol–water partition coefficient (Wildman–Crippen LogP) is -0.849. The topological polar surface area (TPSA) is 82.0 Å². The average Bonchev–Trinajstić information content (AvgIpc) is 2.71. The van der Waals surface area contributed by atoms with E-state index in [1.807, 2.05) is 6.07 Å². The van der Waals surface area contributed by atoms with Crippen molar-refractivity contribution in [2.45, 2.75) is 0 Å². The highest BCUT2D eigenvalue weighted by atomic mass is 16.4. The lowest BCUT2D eigenvalue weighted by molar-refractivity contribution is 0.424. The number of pyridine rings is 1. The van der Waals surface area contributed by atoms with Crippen LogP contribution >= 0.6 is 0 Å². The summed E-state index contributed by atoms with van der Waals surface area (Å²) in [6.45, 7) is 0. The molecule has 2 aromatic heterocycles. The summed E-state index contributed by atoms with van der Waals surface area (Å²) in [6, 6.07) is 5.11. The van der Waals surface area contributed by atoms with Crippen molar-refractivity contribution >= 4 is 12.7 Å². The van der Waals surface area contributed by atoms with Crippen molar-refractivity contribution in [3.05, 3.63) is 30.6 Å². The molecule has 6 heteroatoms. The van der Waals surface area contributed by atoms with Crippen molar-refractivity contribution in [3.63, 3.8) is 0 Å². The Kier molecular flexibility index (Phi) is 2.30. The molecule has 0 radical (unpaired) electrons. The molecule has 0 aromatic carbocycles. The zero-order valence-electron chi connectivity index (χ0n) is 7.25. The third kappa shape index (κ3) is 1.66. The zero-order valence-corrected chi connectivity index (χ0v) is 7.25. The van der Waals surface area contributed by atoms with Gasteiger partial charge in [0.1, 0.15) is 0 Å². The van der Waals surface area contributed by atoms with E-state index in [9.17, 15) is 0 Å². The molecule has 0 bridgehead atoms. The lowest BCUT2D eigenvalue weighted by Gasteiger charge is -1.99. The van der Waals surface area contributed by atoms with Crippen molar-refractivity contribution in [1.29, 1.82) is 0 Å². The van der Waals surface area contributed by atoms with Crippen LogP contribution in [0, 0.1) is 0 Å². The number of aromatic amines is 1. The standard InChI is InChI=1S/C8H8BN3O2/c13-9(14)8-2-1-6(5-10-8)7-3-4-11-12-7/h1-5,13-14H,(H,11,12). The van der Waals surface area contributed by atoms with Crippen molar-refractivity contribution in [2.24, 2.45) is 0 Å². The second-order valence-electron chi connectivity index (χ2n) is 2.82. The summed E-state index contributed by atoms with van der Waals surface area (Å²) in [5.74, 6) is 0. The number of rotatable bonds is 2. The summed E-state index contributed by atoms with van der Waals surface area (Å²) in [5.41, 5.74) is 1.93. The molecule has 0 amide bonds. The van der Waals surface area contributed by atoms with Crippen molar-refractivity contribution in [2.75, 3.05) is 0 Å². The normalized spacial score (nSPS) is 10.1. The number of nitrogens with zero attached hydrogens (tertiary/aromatic N) is 2. The Morgan fingerprint density at radius 2 is 2.07 bits per heavy atom. The summed E-state index contributed by atoms with van der Waals surface area (Å²) < 4.78 is 0. The Morgan fingerprint density at radius 3 is 2.57 bits per heavy atom. The summed E-state index contributed by atoms with van der Waals surface area (Å²) in [5, 5.41) is 24.2. The number of aromatic nitrogens is 3. The smallest absolute Gasteiger partial charge is 0.422 e. The van der Waals surface area contributed by atoms with Crippen LogP contribution in [0.1, 0.15) is 0 Å². The van der Waals surface area contributed by atoms with Gasteiger partial charge < -0.3 is 10.0 Å². The Bertz CT molecular complexity index is 399. The molecule has 0 aliphatic carbocycles. The molecular formula is C8H8BN3O2. The van der Waals surface area contributed by atoms with Crippen LogP contribution in [0.25, 0.3) is 11.3 Å². The molecule has 5 nitrogen and oxygen atoms in total. The fourth-order valence-corrected chi connectivity index (χ4v) is 1.13. The highest BCUT2D eigenvalue weighted by molar-refractivity contribution is 6.57. The van der Waals surface area contributed by atoms with Crippen LogP contribution in [-0.4, -0.2) is 32.3 Å². The molecule has 2 heterocycles. The van der Waals surface area contributed by atoms with Gasteiger partial charge in [-0.2, -0.15) is 5.10 Å². The van der Waals surface area contributed by atoms with Gasteiger partial charge in [-0.1, -0.05) is 6.07 Å². The second kappa shape index (κ2) is 3.61. The fraction of sp³-hybridized carbons (Fsp3) is 0. The molecule has 14 heavy (non-hydrogen) atoms. The van der Waals surface area contributed by atoms with E-state index in [2.05, 4.69) is 15.2 Å². The van der Waals surface area contributed by atoms with Gasteiger partial charge in [0.05, 0.1) is 11.3 Å². The van der Waals surface area contributed by atoms with E-state index in [1.54, 1.807) is 24.5 Å². The summed E-state index contributed by atoms with van der Waals surface area (Å²) in [7, 11) is -1.52. The molecule has 0 aliphatic rings. The largest absolute Gasteiger partial charge is 0.508 e. The van der Waals surface area contributed by atoms with E-state index >= 15 is 0 Å². The first-order valence-electron chi connectivity index (χ1n) is 4.09. The molecule has 2 rings (SSSR count). The van der Waals surface area contributed by atoms with Gasteiger partial charge in [0.15, 0.2) is 0 Å². The fourth-order valence-electron chi connectivity index (χ4n) is 1.13. The van der Waals surface area contributed by atoms with E-state index in [4.69, 9.17) is 10.0 Å². The first kappa shape index (κ1) is 8.92. The Labute approximate surface area is 80.6 Å². The molecule has 70 valence electrons. The molecule has 0 atom stereocenters. The van der Waals surface area contributed by atoms with Crippen LogP contribution in [0.15, 0.2) is 30.6 Å². The second-order valence-corrected chi connectivity index (χ2v) is 2.82. The average molecular weight is 189 g/mol. The number of nitrogens with one attached hydrogen (secondary N) is 1. The molecule has 0 saturated carbocycles. The molecule has 0 saturated heterocycles. The third-order valence-electron chi connectivity index (χ3n) is 1.86. The van der Waals surface area contributed by atoms with E-state index < -0.39 is 7.12 Å². The van der Waals surface area contributed by atoms with E-state index in [0.717, 1.165) is 11.3 Å². The van der Waals surface area contributed by atoms with Crippen LogP contribution < -0.4 is 5.59 Å². The highest BCUT2D eigenvalue weighted by Gasteiger charge is 2.12. The van der Waals surface area contributed by atoms with E-state index in [1.165, 1.54) is 0 Å². The number of hydrogen-bond acceptors (Lipinski definition) is 4.